The molecular weight excluding hydrogens is 536 g/mol. The number of nitrogens with zero attached hydrogens (tertiary/aromatic N) is 1. The van der Waals surface area contributed by atoms with E-state index in [9.17, 15) is 9.59 Å². The summed E-state index contributed by atoms with van der Waals surface area (Å²) in [5.74, 6) is 1.04. The first kappa shape index (κ1) is 26.3. The minimum atomic E-state index is -0.388. The number of carbonyl (C=O) groups excluding carboxylic acids is 1. The molecule has 0 fully saturated rings. The van der Waals surface area contributed by atoms with Gasteiger partial charge in [0, 0.05) is 23.9 Å². The Morgan fingerprint density at radius 3 is 2.21 bits per heavy atom. The number of hydrogen-bond donors (Lipinski definition) is 1. The molecule has 2 aromatic heterocycles. The van der Waals surface area contributed by atoms with Crippen molar-refractivity contribution in [3.05, 3.63) is 149 Å². The van der Waals surface area contributed by atoms with Crippen LogP contribution in [0.1, 0.15) is 17.7 Å². The van der Waals surface area contributed by atoms with E-state index in [1.54, 1.807) is 28.8 Å². The first-order valence-electron chi connectivity index (χ1n) is 14.3. The highest BCUT2D eigenvalue weighted by molar-refractivity contribution is 5.96. The van der Waals surface area contributed by atoms with Crippen molar-refractivity contribution in [2.45, 2.75) is 19.4 Å². The number of aryl methyl sites for hydroxylation is 1. The maximum atomic E-state index is 12.7. The topological polar surface area (TPSA) is 77.2 Å². The van der Waals surface area contributed by atoms with Crippen molar-refractivity contribution in [2.75, 3.05) is 0 Å². The molecule has 6 heteroatoms. The van der Waals surface area contributed by atoms with Crippen molar-refractivity contribution in [3.8, 4) is 28.0 Å². The molecule has 2 heterocycles. The molecule has 0 aliphatic carbocycles. The first-order valence-corrected chi connectivity index (χ1v) is 14.3. The lowest BCUT2D eigenvalue weighted by Crippen LogP contribution is -2.20. The summed E-state index contributed by atoms with van der Waals surface area (Å²) in [5, 5.41) is 1.09. The average molecular weight is 565 g/mol. The molecule has 43 heavy (non-hydrogen) atoms. The highest BCUT2D eigenvalue weighted by atomic mass is 16.5. The van der Waals surface area contributed by atoms with Crippen LogP contribution in [0.25, 0.3) is 44.3 Å². The Morgan fingerprint density at radius 1 is 0.744 bits per heavy atom. The number of para-hydroxylation sites is 2. The molecule has 0 bridgehead atoms. The monoisotopic (exact) mass is 564 g/mol. The number of esters is 1. The third-order valence-corrected chi connectivity index (χ3v) is 7.67. The second kappa shape index (κ2) is 11.3. The van der Waals surface area contributed by atoms with Crippen molar-refractivity contribution in [1.29, 1.82) is 0 Å². The SMILES string of the molecule is O=C(CCn1c(=O)[nH]c2cc(-c3ccc(-c4c(Cc5ccccc5)oc5ccccc45)cc3)ccc21)Oc1ccccc1. The number of ether oxygens (including phenoxy) is 1. The smallest absolute Gasteiger partial charge is 0.326 e. The summed E-state index contributed by atoms with van der Waals surface area (Å²) in [5.41, 5.74) is 7.48. The molecule has 1 N–H and O–H groups in total. The fourth-order valence-electron chi connectivity index (χ4n) is 5.59. The van der Waals surface area contributed by atoms with E-state index in [1.807, 2.05) is 60.7 Å². The third-order valence-electron chi connectivity index (χ3n) is 7.67. The zero-order valence-corrected chi connectivity index (χ0v) is 23.3. The Hall–Kier alpha value is -5.62. The fraction of sp³-hybridized carbons (Fsp3) is 0.0811. The van der Waals surface area contributed by atoms with Crippen LogP contribution in [-0.4, -0.2) is 15.5 Å². The summed E-state index contributed by atoms with van der Waals surface area (Å²) >= 11 is 0. The highest BCUT2D eigenvalue weighted by Gasteiger charge is 2.17. The summed E-state index contributed by atoms with van der Waals surface area (Å²) < 4.78 is 13.3. The van der Waals surface area contributed by atoms with Gasteiger partial charge in [0.15, 0.2) is 0 Å². The molecule has 6 nitrogen and oxygen atoms in total. The van der Waals surface area contributed by atoms with Crippen LogP contribution in [-0.2, 0) is 17.8 Å². The summed E-state index contributed by atoms with van der Waals surface area (Å²) in [6, 6.07) is 41.7. The molecule has 7 rings (SSSR count). The molecule has 0 saturated carbocycles. The number of hydrogen-bond acceptors (Lipinski definition) is 4. The van der Waals surface area contributed by atoms with Gasteiger partial charge in [-0.15, -0.1) is 0 Å². The van der Waals surface area contributed by atoms with Gasteiger partial charge in [-0.25, -0.2) is 4.79 Å². The molecule has 0 atom stereocenters. The summed E-state index contributed by atoms with van der Waals surface area (Å²) in [7, 11) is 0. The van der Waals surface area contributed by atoms with Gasteiger partial charge in [-0.3, -0.25) is 9.36 Å². The zero-order chi connectivity index (χ0) is 29.2. The van der Waals surface area contributed by atoms with Gasteiger partial charge in [0.05, 0.1) is 17.5 Å². The number of imidazole rings is 1. The van der Waals surface area contributed by atoms with Crippen LogP contribution >= 0.6 is 0 Å². The van der Waals surface area contributed by atoms with E-state index in [0.717, 1.165) is 44.5 Å². The molecule has 7 aromatic rings. The number of rotatable bonds is 8. The minimum Gasteiger partial charge on any atom is -0.460 e. The number of aromatic nitrogens is 2. The van der Waals surface area contributed by atoms with Crippen molar-refractivity contribution in [3.63, 3.8) is 0 Å². The number of fused-ring (bicyclic) bond motifs is 2. The molecule has 0 aliphatic rings. The van der Waals surface area contributed by atoms with Gasteiger partial charge in [-0.05, 0) is 52.6 Å². The summed E-state index contributed by atoms with van der Waals surface area (Å²) in [6.07, 6.45) is 0.789. The largest absolute Gasteiger partial charge is 0.460 e. The Morgan fingerprint density at radius 2 is 1.42 bits per heavy atom. The molecule has 210 valence electrons. The van der Waals surface area contributed by atoms with E-state index in [4.69, 9.17) is 9.15 Å². The van der Waals surface area contributed by atoms with Crippen LogP contribution in [0.15, 0.2) is 137 Å². The number of benzene rings is 5. The van der Waals surface area contributed by atoms with Crippen LogP contribution < -0.4 is 10.4 Å². The zero-order valence-electron chi connectivity index (χ0n) is 23.3. The van der Waals surface area contributed by atoms with E-state index in [0.29, 0.717) is 17.7 Å². The van der Waals surface area contributed by atoms with Gasteiger partial charge in [-0.2, -0.15) is 0 Å². The predicted molar refractivity (Wildman–Crippen MR) is 169 cm³/mol. The van der Waals surface area contributed by atoms with Gasteiger partial charge in [0.25, 0.3) is 0 Å². The summed E-state index contributed by atoms with van der Waals surface area (Å²) in [6.45, 7) is 0.225. The Bertz CT molecular complexity index is 2100. The number of furan rings is 1. The molecule has 0 amide bonds. The highest BCUT2D eigenvalue weighted by Crippen LogP contribution is 2.37. The Balaban J connectivity index is 1.14. The lowest BCUT2D eigenvalue weighted by molar-refractivity contribution is -0.134. The van der Waals surface area contributed by atoms with E-state index >= 15 is 0 Å². The quantitative estimate of drug-likeness (QED) is 0.150. The number of nitrogens with one attached hydrogen (secondary N) is 1. The first-order chi connectivity index (χ1) is 21.1. The molecule has 0 spiro atoms. The number of H-pyrrole nitrogens is 1. The van der Waals surface area contributed by atoms with E-state index in [1.165, 1.54) is 5.56 Å². The van der Waals surface area contributed by atoms with Crippen LogP contribution in [0, 0.1) is 0 Å². The molecule has 0 aliphatic heterocycles. The van der Waals surface area contributed by atoms with Crippen LogP contribution in [0.5, 0.6) is 5.75 Å². The van der Waals surface area contributed by atoms with Crippen molar-refractivity contribution in [2.24, 2.45) is 0 Å². The van der Waals surface area contributed by atoms with Crippen molar-refractivity contribution < 1.29 is 13.9 Å². The maximum absolute atomic E-state index is 12.7. The molecule has 0 saturated heterocycles. The molecule has 5 aromatic carbocycles. The molecular formula is C37H28N2O4. The van der Waals surface area contributed by atoms with Gasteiger partial charge in [0.2, 0.25) is 0 Å². The second-order valence-corrected chi connectivity index (χ2v) is 10.5. The maximum Gasteiger partial charge on any atom is 0.326 e. The Kier molecular flexibility index (Phi) is 6.93. The molecule has 0 radical (unpaired) electrons. The fourth-order valence-corrected chi connectivity index (χ4v) is 5.59. The standard InChI is InChI=1S/C37H28N2O4/c40-35(42-29-11-5-2-6-12-29)21-22-39-32-20-19-28(24-31(32)38-37(39)41)26-15-17-27(18-16-26)36-30-13-7-8-14-33(30)43-34(36)23-25-9-3-1-4-10-25/h1-20,24H,21-23H2,(H,38,41). The van der Waals surface area contributed by atoms with Gasteiger partial charge in [-0.1, -0.05) is 97.1 Å². The normalized spacial score (nSPS) is 11.3. The van der Waals surface area contributed by atoms with Crippen LogP contribution in [0.4, 0.5) is 0 Å². The van der Waals surface area contributed by atoms with Crippen LogP contribution in [0.3, 0.4) is 0 Å². The number of aromatic amines is 1. The van der Waals surface area contributed by atoms with E-state index < -0.39 is 0 Å². The second-order valence-electron chi connectivity index (χ2n) is 10.5. The van der Waals surface area contributed by atoms with Gasteiger partial charge >= 0.3 is 11.7 Å². The summed E-state index contributed by atoms with van der Waals surface area (Å²) in [4.78, 5) is 28.0. The van der Waals surface area contributed by atoms with Crippen molar-refractivity contribution >= 4 is 28.0 Å². The third kappa shape index (κ3) is 5.38. The number of carbonyl (C=O) groups is 1. The lowest BCUT2D eigenvalue weighted by Gasteiger charge is -2.08. The molecule has 0 unspecified atom stereocenters. The van der Waals surface area contributed by atoms with Gasteiger partial charge in [0.1, 0.15) is 17.1 Å². The van der Waals surface area contributed by atoms with E-state index in [-0.39, 0.29) is 24.6 Å². The average Bonchev–Trinajstić information content (AvgIpc) is 3.56. The predicted octanol–water partition coefficient (Wildman–Crippen LogP) is 8.00. The van der Waals surface area contributed by atoms with Gasteiger partial charge < -0.3 is 14.1 Å². The lowest BCUT2D eigenvalue weighted by atomic mass is 9.96. The van der Waals surface area contributed by atoms with E-state index in [2.05, 4.69) is 47.4 Å². The minimum absolute atomic E-state index is 0.0833. The van der Waals surface area contributed by atoms with Crippen LogP contribution in [0.2, 0.25) is 0 Å². The Labute approximate surface area is 247 Å². The van der Waals surface area contributed by atoms with Crippen molar-refractivity contribution in [1.82, 2.24) is 9.55 Å².